The maximum absolute atomic E-state index is 5.58. The Bertz CT molecular complexity index is 821. The number of likely N-dealkylation sites (tertiary alicyclic amines) is 1. The average molecular weight is 424 g/mol. The Morgan fingerprint density at radius 3 is 2.34 bits per heavy atom. The SMILES string of the molecule is COc1cc(OC)c(OC)cc1CN1CCC(c2nnc3n2CCNC3)CC1.Cl. The molecule has 0 amide bonds. The molecule has 8 nitrogen and oxygen atoms in total. The summed E-state index contributed by atoms with van der Waals surface area (Å²) in [5, 5.41) is 12.2. The second kappa shape index (κ2) is 9.65. The number of hydrogen-bond acceptors (Lipinski definition) is 7. The van der Waals surface area contributed by atoms with E-state index in [1.165, 1.54) is 5.82 Å². The molecule has 0 spiro atoms. The van der Waals surface area contributed by atoms with E-state index in [0.29, 0.717) is 11.7 Å². The van der Waals surface area contributed by atoms with Crippen molar-refractivity contribution in [3.63, 3.8) is 0 Å². The molecule has 2 aliphatic rings. The molecule has 0 bridgehead atoms. The van der Waals surface area contributed by atoms with Crippen LogP contribution in [0, 0.1) is 0 Å². The minimum absolute atomic E-state index is 0. The molecule has 2 aliphatic heterocycles. The number of ether oxygens (including phenoxy) is 3. The number of hydrogen-bond donors (Lipinski definition) is 1. The standard InChI is InChI=1S/C20H29N5O3.ClH/c1-26-16-11-18(28-3)17(27-2)10-15(16)13-24-7-4-14(5-8-24)20-23-22-19-12-21-6-9-25(19)20;/h10-11,14,21H,4-9,12-13H2,1-3H3;1H. The number of nitrogens with one attached hydrogen (secondary N) is 1. The van der Waals surface area contributed by atoms with Gasteiger partial charge in [-0.2, -0.15) is 0 Å². The van der Waals surface area contributed by atoms with Gasteiger partial charge in [-0.1, -0.05) is 0 Å². The highest BCUT2D eigenvalue weighted by Gasteiger charge is 2.27. The van der Waals surface area contributed by atoms with Gasteiger partial charge < -0.3 is 24.1 Å². The molecule has 2 aromatic rings. The van der Waals surface area contributed by atoms with Crippen molar-refractivity contribution in [2.45, 2.75) is 38.4 Å². The fraction of sp³-hybridized carbons (Fsp3) is 0.600. The summed E-state index contributed by atoms with van der Waals surface area (Å²) in [6, 6.07) is 3.92. The van der Waals surface area contributed by atoms with Crippen LogP contribution in [0.1, 0.15) is 36.0 Å². The molecule has 4 rings (SSSR count). The molecule has 0 atom stereocenters. The van der Waals surface area contributed by atoms with E-state index < -0.39 is 0 Å². The van der Waals surface area contributed by atoms with Crippen LogP contribution in [0.3, 0.4) is 0 Å². The predicted molar refractivity (Wildman–Crippen MR) is 112 cm³/mol. The molecule has 0 unspecified atom stereocenters. The fourth-order valence-electron chi connectivity index (χ4n) is 4.22. The summed E-state index contributed by atoms with van der Waals surface area (Å²) in [4.78, 5) is 2.47. The minimum atomic E-state index is 0. The molecule has 1 N–H and O–H groups in total. The Morgan fingerprint density at radius 1 is 0.966 bits per heavy atom. The molecular weight excluding hydrogens is 394 g/mol. The predicted octanol–water partition coefficient (Wildman–Crippen LogP) is 2.21. The number of rotatable bonds is 6. The van der Waals surface area contributed by atoms with Gasteiger partial charge in [0, 0.05) is 37.2 Å². The summed E-state index contributed by atoms with van der Waals surface area (Å²) in [6.45, 7) is 5.69. The van der Waals surface area contributed by atoms with Crippen molar-refractivity contribution in [3.8, 4) is 17.2 Å². The van der Waals surface area contributed by atoms with Gasteiger partial charge in [-0.3, -0.25) is 4.90 Å². The molecule has 1 fully saturated rings. The zero-order valence-electron chi connectivity index (χ0n) is 17.3. The van der Waals surface area contributed by atoms with E-state index in [1.807, 2.05) is 12.1 Å². The van der Waals surface area contributed by atoms with Gasteiger partial charge in [0.25, 0.3) is 0 Å². The summed E-state index contributed by atoms with van der Waals surface area (Å²) in [5.41, 5.74) is 1.12. The quantitative estimate of drug-likeness (QED) is 0.763. The number of methoxy groups -OCH3 is 3. The first-order valence-electron chi connectivity index (χ1n) is 9.87. The van der Waals surface area contributed by atoms with Crippen molar-refractivity contribution in [2.75, 3.05) is 41.0 Å². The van der Waals surface area contributed by atoms with E-state index in [2.05, 4.69) is 25.0 Å². The van der Waals surface area contributed by atoms with E-state index in [1.54, 1.807) is 21.3 Å². The third-order valence-electron chi connectivity index (χ3n) is 5.78. The van der Waals surface area contributed by atoms with E-state index in [4.69, 9.17) is 14.2 Å². The summed E-state index contributed by atoms with van der Waals surface area (Å²) in [6.07, 6.45) is 2.20. The van der Waals surface area contributed by atoms with Gasteiger partial charge in [-0.25, -0.2) is 0 Å². The first-order chi connectivity index (χ1) is 13.7. The maximum Gasteiger partial charge on any atom is 0.164 e. The van der Waals surface area contributed by atoms with Crippen LogP contribution in [0.5, 0.6) is 17.2 Å². The van der Waals surface area contributed by atoms with E-state index >= 15 is 0 Å². The van der Waals surface area contributed by atoms with Crippen LogP contribution in [0.25, 0.3) is 0 Å². The highest BCUT2D eigenvalue weighted by Crippen LogP contribution is 2.36. The molecule has 1 aromatic carbocycles. The van der Waals surface area contributed by atoms with Gasteiger partial charge in [0.2, 0.25) is 0 Å². The van der Waals surface area contributed by atoms with E-state index in [9.17, 15) is 0 Å². The molecule has 160 valence electrons. The average Bonchev–Trinajstić information content (AvgIpc) is 3.18. The van der Waals surface area contributed by atoms with Crippen molar-refractivity contribution < 1.29 is 14.2 Å². The number of fused-ring (bicyclic) bond motifs is 1. The summed E-state index contributed by atoms with van der Waals surface area (Å²) < 4.78 is 18.7. The van der Waals surface area contributed by atoms with Crippen molar-refractivity contribution in [1.29, 1.82) is 0 Å². The van der Waals surface area contributed by atoms with Crippen molar-refractivity contribution in [1.82, 2.24) is 25.0 Å². The summed E-state index contributed by atoms with van der Waals surface area (Å²) in [7, 11) is 5.00. The third kappa shape index (κ3) is 4.44. The molecule has 0 saturated carbocycles. The van der Waals surface area contributed by atoms with Crippen molar-refractivity contribution in [3.05, 3.63) is 29.3 Å². The van der Waals surface area contributed by atoms with Gasteiger partial charge in [-0.15, -0.1) is 22.6 Å². The zero-order chi connectivity index (χ0) is 19.5. The van der Waals surface area contributed by atoms with Gasteiger partial charge in [0.05, 0.1) is 27.9 Å². The molecule has 0 radical (unpaired) electrons. The fourth-order valence-corrected chi connectivity index (χ4v) is 4.22. The lowest BCUT2D eigenvalue weighted by atomic mass is 9.95. The first-order valence-corrected chi connectivity index (χ1v) is 9.87. The Labute approximate surface area is 177 Å². The molecule has 1 saturated heterocycles. The first kappa shape index (κ1) is 21.7. The van der Waals surface area contributed by atoms with Crippen molar-refractivity contribution >= 4 is 12.4 Å². The van der Waals surface area contributed by atoms with Crippen LogP contribution in [0.15, 0.2) is 12.1 Å². The topological polar surface area (TPSA) is 73.7 Å². The number of benzene rings is 1. The molecule has 9 heteroatoms. The second-order valence-corrected chi connectivity index (χ2v) is 7.37. The smallest absolute Gasteiger partial charge is 0.164 e. The van der Waals surface area contributed by atoms with Crippen LogP contribution >= 0.6 is 12.4 Å². The number of nitrogens with zero attached hydrogens (tertiary/aromatic N) is 4. The summed E-state index contributed by atoms with van der Waals surface area (Å²) in [5.74, 6) is 4.98. The molecule has 29 heavy (non-hydrogen) atoms. The van der Waals surface area contributed by atoms with Gasteiger partial charge in [0.15, 0.2) is 11.5 Å². The number of piperidine rings is 1. The summed E-state index contributed by atoms with van der Waals surface area (Å²) >= 11 is 0. The molecule has 3 heterocycles. The zero-order valence-corrected chi connectivity index (χ0v) is 18.1. The highest BCUT2D eigenvalue weighted by molar-refractivity contribution is 5.85. The highest BCUT2D eigenvalue weighted by atomic mass is 35.5. The van der Waals surface area contributed by atoms with Gasteiger partial charge in [-0.05, 0) is 32.0 Å². The van der Waals surface area contributed by atoms with Crippen LogP contribution in [-0.4, -0.2) is 60.6 Å². The molecular formula is C20H30ClN5O3. The molecule has 0 aliphatic carbocycles. The number of halogens is 1. The van der Waals surface area contributed by atoms with Crippen LogP contribution in [0.4, 0.5) is 0 Å². The Hall–Kier alpha value is -2.03. The Balaban J connectivity index is 0.00000240. The van der Waals surface area contributed by atoms with E-state index in [-0.39, 0.29) is 12.4 Å². The number of aromatic nitrogens is 3. The van der Waals surface area contributed by atoms with E-state index in [0.717, 1.165) is 75.0 Å². The lowest BCUT2D eigenvalue weighted by Gasteiger charge is -2.32. The monoisotopic (exact) mass is 423 g/mol. The van der Waals surface area contributed by atoms with Gasteiger partial charge in [0.1, 0.15) is 17.4 Å². The largest absolute Gasteiger partial charge is 0.496 e. The maximum atomic E-state index is 5.58. The molecule has 1 aromatic heterocycles. The van der Waals surface area contributed by atoms with Gasteiger partial charge >= 0.3 is 0 Å². The lowest BCUT2D eigenvalue weighted by molar-refractivity contribution is 0.197. The second-order valence-electron chi connectivity index (χ2n) is 7.37. The van der Waals surface area contributed by atoms with Crippen molar-refractivity contribution in [2.24, 2.45) is 0 Å². The Kier molecular flexibility index (Phi) is 7.21. The lowest BCUT2D eigenvalue weighted by Crippen LogP contribution is -2.34. The Morgan fingerprint density at radius 2 is 1.66 bits per heavy atom. The van der Waals surface area contributed by atoms with Crippen LogP contribution < -0.4 is 19.5 Å². The normalized spacial score (nSPS) is 17.3. The minimum Gasteiger partial charge on any atom is -0.496 e. The van der Waals surface area contributed by atoms with Crippen LogP contribution in [-0.2, 0) is 19.6 Å². The third-order valence-corrected chi connectivity index (χ3v) is 5.78. The van der Waals surface area contributed by atoms with Crippen LogP contribution in [0.2, 0.25) is 0 Å².